The Balaban J connectivity index is 0.00000400. The minimum atomic E-state index is -0.113. The fourth-order valence-corrected chi connectivity index (χ4v) is 2.42. The summed E-state index contributed by atoms with van der Waals surface area (Å²) in [6, 6.07) is 0. The Bertz CT molecular complexity index is 282. The smallest absolute Gasteiger partial charge is 0.191 e. The molecule has 5 nitrogen and oxygen atoms in total. The van der Waals surface area contributed by atoms with Crippen LogP contribution in [0.25, 0.3) is 0 Å². The molecule has 1 fully saturated rings. The van der Waals surface area contributed by atoms with Gasteiger partial charge in [-0.15, -0.1) is 24.0 Å². The second-order valence-corrected chi connectivity index (χ2v) is 5.41. The molecule has 0 amide bonds. The fourth-order valence-electron chi connectivity index (χ4n) is 2.42. The number of hydrogen-bond donors (Lipinski definition) is 2. The van der Waals surface area contributed by atoms with Gasteiger partial charge in [0.15, 0.2) is 5.96 Å². The maximum Gasteiger partial charge on any atom is 0.191 e. The van der Waals surface area contributed by atoms with E-state index in [1.807, 2.05) is 7.05 Å². The summed E-state index contributed by atoms with van der Waals surface area (Å²) in [6.45, 7) is 5.54. The lowest BCUT2D eigenvalue weighted by Gasteiger charge is -2.36. The van der Waals surface area contributed by atoms with Crippen molar-refractivity contribution in [2.75, 3.05) is 40.5 Å². The second-order valence-electron chi connectivity index (χ2n) is 5.41. The maximum absolute atomic E-state index is 5.71. The normalized spacial score (nSPS) is 18.0. The molecule has 126 valence electrons. The molecule has 1 aliphatic rings. The molecule has 0 spiro atoms. The summed E-state index contributed by atoms with van der Waals surface area (Å²) < 4.78 is 11.1. The Morgan fingerprint density at radius 3 is 2.48 bits per heavy atom. The van der Waals surface area contributed by atoms with Crippen molar-refractivity contribution in [3.05, 3.63) is 0 Å². The monoisotopic (exact) mass is 413 g/mol. The van der Waals surface area contributed by atoms with E-state index in [9.17, 15) is 0 Å². The van der Waals surface area contributed by atoms with Crippen LogP contribution < -0.4 is 10.6 Å². The number of ether oxygens (including phenoxy) is 2. The van der Waals surface area contributed by atoms with Crippen LogP contribution in [0.2, 0.25) is 0 Å². The van der Waals surface area contributed by atoms with E-state index in [4.69, 9.17) is 9.47 Å². The fraction of sp³-hybridized carbons (Fsp3) is 0.933. The minimum Gasteiger partial charge on any atom is -0.381 e. The van der Waals surface area contributed by atoms with Crippen LogP contribution >= 0.6 is 24.0 Å². The number of guanidine groups is 1. The van der Waals surface area contributed by atoms with E-state index in [1.54, 1.807) is 7.11 Å². The molecule has 1 rings (SSSR count). The highest BCUT2D eigenvalue weighted by atomic mass is 127. The Hall–Kier alpha value is -0.0800. The van der Waals surface area contributed by atoms with Crippen molar-refractivity contribution in [2.24, 2.45) is 4.99 Å². The third-order valence-corrected chi connectivity index (χ3v) is 3.96. The number of nitrogens with zero attached hydrogens (tertiary/aromatic N) is 1. The van der Waals surface area contributed by atoms with Gasteiger partial charge in [0.25, 0.3) is 0 Å². The SMILES string of the molecule is CCCCCCNC(=NC)NCC1(OC)CCOCC1.I. The van der Waals surface area contributed by atoms with Gasteiger partial charge in [0.1, 0.15) is 0 Å². The molecule has 0 aromatic rings. The van der Waals surface area contributed by atoms with Gasteiger partial charge in [0.05, 0.1) is 5.60 Å². The summed E-state index contributed by atoms with van der Waals surface area (Å²) in [6.07, 6.45) is 6.91. The molecule has 0 aliphatic carbocycles. The number of rotatable bonds is 8. The Morgan fingerprint density at radius 1 is 1.19 bits per heavy atom. The average molecular weight is 413 g/mol. The molecule has 0 aromatic heterocycles. The summed E-state index contributed by atoms with van der Waals surface area (Å²) in [5.74, 6) is 0.865. The molecular formula is C15H32IN3O2. The molecule has 0 unspecified atom stereocenters. The molecule has 2 N–H and O–H groups in total. The summed E-state index contributed by atoms with van der Waals surface area (Å²) >= 11 is 0. The van der Waals surface area contributed by atoms with E-state index >= 15 is 0 Å². The number of halogens is 1. The quantitative estimate of drug-likeness (QED) is 0.278. The van der Waals surface area contributed by atoms with Crippen LogP contribution in [0.4, 0.5) is 0 Å². The molecule has 0 saturated carbocycles. The van der Waals surface area contributed by atoms with Gasteiger partial charge in [-0.1, -0.05) is 26.2 Å². The topological polar surface area (TPSA) is 54.9 Å². The molecule has 21 heavy (non-hydrogen) atoms. The van der Waals surface area contributed by atoms with E-state index < -0.39 is 0 Å². The third-order valence-electron chi connectivity index (χ3n) is 3.96. The number of unbranched alkanes of at least 4 members (excludes halogenated alkanes) is 3. The molecule has 0 bridgehead atoms. The van der Waals surface area contributed by atoms with Crippen LogP contribution in [0.1, 0.15) is 45.4 Å². The van der Waals surface area contributed by atoms with Crippen molar-refractivity contribution in [3.63, 3.8) is 0 Å². The number of hydrogen-bond acceptors (Lipinski definition) is 3. The predicted octanol–water partition coefficient (Wildman–Crippen LogP) is 2.55. The molecule has 0 radical (unpaired) electrons. The lowest BCUT2D eigenvalue weighted by Crippen LogP contribution is -2.50. The third kappa shape index (κ3) is 8.21. The zero-order valence-electron chi connectivity index (χ0n) is 13.7. The van der Waals surface area contributed by atoms with Crippen molar-refractivity contribution in [3.8, 4) is 0 Å². The molecule has 0 atom stereocenters. The van der Waals surface area contributed by atoms with Crippen LogP contribution in [-0.2, 0) is 9.47 Å². The van der Waals surface area contributed by atoms with Gasteiger partial charge < -0.3 is 20.1 Å². The molecule has 1 saturated heterocycles. The highest BCUT2D eigenvalue weighted by molar-refractivity contribution is 14.0. The van der Waals surface area contributed by atoms with Crippen LogP contribution in [0, 0.1) is 0 Å². The lowest BCUT2D eigenvalue weighted by molar-refractivity contribution is -0.0855. The van der Waals surface area contributed by atoms with Crippen LogP contribution in [0.5, 0.6) is 0 Å². The maximum atomic E-state index is 5.71. The molecule has 6 heteroatoms. The van der Waals surface area contributed by atoms with Crippen molar-refractivity contribution in [1.29, 1.82) is 0 Å². The highest BCUT2D eigenvalue weighted by Gasteiger charge is 2.32. The summed E-state index contributed by atoms with van der Waals surface area (Å²) in [7, 11) is 3.60. The first kappa shape index (κ1) is 20.9. The second kappa shape index (κ2) is 12.5. The first-order chi connectivity index (χ1) is 9.76. The van der Waals surface area contributed by atoms with E-state index in [0.717, 1.165) is 45.1 Å². The van der Waals surface area contributed by atoms with Gasteiger partial charge in [-0.05, 0) is 6.42 Å². The Labute approximate surface area is 146 Å². The van der Waals surface area contributed by atoms with E-state index in [2.05, 4.69) is 22.5 Å². The van der Waals surface area contributed by atoms with Gasteiger partial charge in [-0.2, -0.15) is 0 Å². The van der Waals surface area contributed by atoms with Gasteiger partial charge in [-0.25, -0.2) is 0 Å². The summed E-state index contributed by atoms with van der Waals surface area (Å²) in [4.78, 5) is 4.26. The van der Waals surface area contributed by atoms with Crippen molar-refractivity contribution in [2.45, 2.75) is 51.0 Å². The van der Waals surface area contributed by atoms with Gasteiger partial charge in [-0.3, -0.25) is 4.99 Å². The first-order valence-electron chi connectivity index (χ1n) is 7.84. The largest absolute Gasteiger partial charge is 0.381 e. The van der Waals surface area contributed by atoms with Crippen molar-refractivity contribution < 1.29 is 9.47 Å². The minimum absolute atomic E-state index is 0. The number of methoxy groups -OCH3 is 1. The van der Waals surface area contributed by atoms with Crippen LogP contribution in [0.3, 0.4) is 0 Å². The molecular weight excluding hydrogens is 381 g/mol. The zero-order chi connectivity index (χ0) is 14.7. The first-order valence-corrected chi connectivity index (χ1v) is 7.84. The van der Waals surface area contributed by atoms with Crippen molar-refractivity contribution in [1.82, 2.24) is 10.6 Å². The zero-order valence-corrected chi connectivity index (χ0v) is 16.1. The van der Waals surface area contributed by atoms with Gasteiger partial charge >= 0.3 is 0 Å². The molecule has 0 aromatic carbocycles. The van der Waals surface area contributed by atoms with Crippen LogP contribution in [0.15, 0.2) is 4.99 Å². The summed E-state index contributed by atoms with van der Waals surface area (Å²) in [5.41, 5.74) is -0.113. The standard InChI is InChI=1S/C15H31N3O2.HI/c1-4-5-6-7-10-17-14(16-2)18-13-15(19-3)8-11-20-12-9-15;/h4-13H2,1-3H3,(H2,16,17,18);1H. The van der Waals surface area contributed by atoms with Gasteiger partial charge in [0.2, 0.25) is 0 Å². The Morgan fingerprint density at radius 2 is 1.90 bits per heavy atom. The average Bonchev–Trinajstić information content (AvgIpc) is 2.51. The lowest BCUT2D eigenvalue weighted by atomic mass is 9.94. The Kier molecular flexibility index (Phi) is 12.4. The van der Waals surface area contributed by atoms with Crippen molar-refractivity contribution >= 4 is 29.9 Å². The molecule has 1 aliphatic heterocycles. The predicted molar refractivity (Wildman–Crippen MR) is 98.7 cm³/mol. The number of nitrogens with one attached hydrogen (secondary N) is 2. The highest BCUT2D eigenvalue weighted by Crippen LogP contribution is 2.23. The van der Waals surface area contributed by atoms with E-state index in [1.165, 1.54) is 25.7 Å². The van der Waals surface area contributed by atoms with E-state index in [0.29, 0.717) is 0 Å². The van der Waals surface area contributed by atoms with Gasteiger partial charge in [0, 0.05) is 53.3 Å². The van der Waals surface area contributed by atoms with E-state index in [-0.39, 0.29) is 29.6 Å². The van der Waals surface area contributed by atoms with Crippen LogP contribution in [-0.4, -0.2) is 52.0 Å². The summed E-state index contributed by atoms with van der Waals surface area (Å²) in [5, 5.41) is 6.74. The molecule has 1 heterocycles. The number of aliphatic imine (C=N–C) groups is 1.